The van der Waals surface area contributed by atoms with E-state index in [1.54, 1.807) is 18.2 Å². The molecule has 3 nitrogen and oxygen atoms in total. The normalized spacial score (nSPS) is 25.3. The highest BCUT2D eigenvalue weighted by molar-refractivity contribution is 5.41. The number of hydrogen-bond acceptors (Lipinski definition) is 3. The lowest BCUT2D eigenvalue weighted by molar-refractivity contribution is 0.0737. The van der Waals surface area contributed by atoms with Gasteiger partial charge in [0.1, 0.15) is 17.1 Å². The van der Waals surface area contributed by atoms with Gasteiger partial charge >= 0.3 is 0 Å². The highest BCUT2D eigenvalue weighted by Gasteiger charge is 2.29. The molecule has 0 radical (unpaired) electrons. The van der Waals surface area contributed by atoms with E-state index >= 15 is 0 Å². The van der Waals surface area contributed by atoms with Gasteiger partial charge in [-0.2, -0.15) is 0 Å². The fourth-order valence-corrected chi connectivity index (χ4v) is 1.72. The van der Waals surface area contributed by atoms with Gasteiger partial charge in [0.2, 0.25) is 0 Å². The summed E-state index contributed by atoms with van der Waals surface area (Å²) in [6.45, 7) is 2.54. The summed E-state index contributed by atoms with van der Waals surface area (Å²) in [5.74, 6) is 1.14. The van der Waals surface area contributed by atoms with Crippen molar-refractivity contribution in [3.8, 4) is 11.5 Å². The molecule has 0 aliphatic carbocycles. The zero-order valence-electron chi connectivity index (χ0n) is 8.29. The summed E-state index contributed by atoms with van der Waals surface area (Å²) < 4.78 is 5.79. The van der Waals surface area contributed by atoms with E-state index in [4.69, 9.17) is 10.5 Å². The molecule has 0 aromatic heterocycles. The molecule has 1 unspecified atom stereocenters. The molecule has 3 heteroatoms. The van der Waals surface area contributed by atoms with Gasteiger partial charge in [0, 0.05) is 6.54 Å². The Hall–Kier alpha value is -1.22. The molecular weight excluding hydrogens is 178 g/mol. The summed E-state index contributed by atoms with van der Waals surface area (Å²) in [5.41, 5.74) is 6.47. The first-order valence-electron chi connectivity index (χ1n) is 4.84. The summed E-state index contributed by atoms with van der Waals surface area (Å²) >= 11 is 0. The maximum Gasteiger partial charge on any atom is 0.123 e. The van der Waals surface area contributed by atoms with E-state index < -0.39 is 0 Å². The lowest BCUT2D eigenvalue weighted by Gasteiger charge is -2.34. The van der Waals surface area contributed by atoms with Crippen molar-refractivity contribution in [3.63, 3.8) is 0 Å². The molecule has 1 aromatic carbocycles. The predicted octanol–water partition coefficient (Wildman–Crippen LogP) is 1.43. The Bertz CT molecular complexity index is 351. The van der Waals surface area contributed by atoms with Crippen LogP contribution in [0.15, 0.2) is 18.2 Å². The molecule has 0 saturated carbocycles. The fraction of sp³-hybridized carbons (Fsp3) is 0.455. The van der Waals surface area contributed by atoms with E-state index in [9.17, 15) is 5.11 Å². The Labute approximate surface area is 83.5 Å². The van der Waals surface area contributed by atoms with Crippen molar-refractivity contribution in [3.05, 3.63) is 23.8 Å². The van der Waals surface area contributed by atoms with E-state index in [0.29, 0.717) is 12.3 Å². The first kappa shape index (κ1) is 9.34. The molecule has 2 rings (SSSR count). The molecule has 0 saturated heterocycles. The van der Waals surface area contributed by atoms with Gasteiger partial charge in [0.05, 0.1) is 0 Å². The van der Waals surface area contributed by atoms with Crippen LogP contribution in [0.2, 0.25) is 0 Å². The largest absolute Gasteiger partial charge is 0.508 e. The highest BCUT2D eigenvalue weighted by atomic mass is 16.5. The van der Waals surface area contributed by atoms with Crippen LogP contribution in [0, 0.1) is 0 Å². The van der Waals surface area contributed by atoms with Crippen molar-refractivity contribution in [2.45, 2.75) is 25.4 Å². The molecule has 1 atom stereocenters. The van der Waals surface area contributed by atoms with Crippen molar-refractivity contribution in [1.82, 2.24) is 0 Å². The number of aryl methyl sites for hydroxylation is 1. The van der Waals surface area contributed by atoms with Gasteiger partial charge in [0.25, 0.3) is 0 Å². The molecular formula is C11H15NO2. The van der Waals surface area contributed by atoms with E-state index in [0.717, 1.165) is 24.2 Å². The van der Waals surface area contributed by atoms with Gasteiger partial charge in [-0.05, 0) is 43.5 Å². The number of phenolic OH excluding ortho intramolecular Hbond substituents is 1. The average molecular weight is 193 g/mol. The van der Waals surface area contributed by atoms with Crippen molar-refractivity contribution >= 4 is 0 Å². The first-order chi connectivity index (χ1) is 6.63. The number of ether oxygens (including phenoxy) is 1. The summed E-state index contributed by atoms with van der Waals surface area (Å²) in [7, 11) is 0. The second-order valence-corrected chi connectivity index (χ2v) is 4.05. The Morgan fingerprint density at radius 3 is 3.07 bits per heavy atom. The third-order valence-corrected chi connectivity index (χ3v) is 2.76. The average Bonchev–Trinajstić information content (AvgIpc) is 2.19. The third kappa shape index (κ3) is 1.55. The minimum absolute atomic E-state index is 0.246. The number of fused-ring (bicyclic) bond motifs is 1. The summed E-state index contributed by atoms with van der Waals surface area (Å²) in [6, 6.07) is 5.20. The van der Waals surface area contributed by atoms with Crippen molar-refractivity contribution in [1.29, 1.82) is 0 Å². The highest BCUT2D eigenvalue weighted by Crippen LogP contribution is 2.34. The second-order valence-electron chi connectivity index (χ2n) is 4.05. The lowest BCUT2D eigenvalue weighted by atomic mass is 9.93. The number of rotatable bonds is 1. The van der Waals surface area contributed by atoms with Crippen LogP contribution in [-0.4, -0.2) is 17.3 Å². The zero-order valence-corrected chi connectivity index (χ0v) is 8.29. The SMILES string of the molecule is CC1(CN)CCc2cc(O)ccc2O1. The molecule has 0 bridgehead atoms. The van der Waals surface area contributed by atoms with Crippen LogP contribution >= 0.6 is 0 Å². The van der Waals surface area contributed by atoms with Gasteiger partial charge in [0.15, 0.2) is 0 Å². The third-order valence-electron chi connectivity index (χ3n) is 2.76. The molecule has 0 amide bonds. The molecule has 1 aliphatic rings. The Kier molecular flexibility index (Phi) is 2.11. The standard InChI is InChI=1S/C11H15NO2/c1-11(7-12)5-4-8-6-9(13)2-3-10(8)14-11/h2-3,6,13H,4-5,7,12H2,1H3. The number of nitrogens with two attached hydrogens (primary N) is 1. The Morgan fingerprint density at radius 1 is 1.57 bits per heavy atom. The van der Waals surface area contributed by atoms with Crippen LogP contribution in [-0.2, 0) is 6.42 Å². The molecule has 14 heavy (non-hydrogen) atoms. The number of aromatic hydroxyl groups is 1. The predicted molar refractivity (Wildman–Crippen MR) is 54.5 cm³/mol. The van der Waals surface area contributed by atoms with Gasteiger partial charge in [-0.25, -0.2) is 0 Å². The molecule has 0 fully saturated rings. The number of benzene rings is 1. The van der Waals surface area contributed by atoms with Crippen LogP contribution in [0.5, 0.6) is 11.5 Å². The lowest BCUT2D eigenvalue weighted by Crippen LogP contribution is -2.43. The number of hydrogen-bond donors (Lipinski definition) is 2. The van der Waals surface area contributed by atoms with Crippen LogP contribution in [0.3, 0.4) is 0 Å². The monoisotopic (exact) mass is 193 g/mol. The molecule has 0 spiro atoms. The van der Waals surface area contributed by atoms with Crippen LogP contribution < -0.4 is 10.5 Å². The molecule has 1 heterocycles. The quantitative estimate of drug-likeness (QED) is 0.709. The van der Waals surface area contributed by atoms with Gasteiger partial charge < -0.3 is 15.6 Å². The zero-order chi connectivity index (χ0) is 10.2. The second kappa shape index (κ2) is 3.17. The Balaban J connectivity index is 2.31. The minimum atomic E-state index is -0.246. The van der Waals surface area contributed by atoms with Crippen LogP contribution in [0.25, 0.3) is 0 Å². The van der Waals surface area contributed by atoms with Gasteiger partial charge in [-0.3, -0.25) is 0 Å². The maximum absolute atomic E-state index is 9.30. The van der Waals surface area contributed by atoms with Crippen LogP contribution in [0.1, 0.15) is 18.9 Å². The fourth-order valence-electron chi connectivity index (χ4n) is 1.72. The topological polar surface area (TPSA) is 55.5 Å². The van der Waals surface area contributed by atoms with E-state index in [-0.39, 0.29) is 5.60 Å². The van der Waals surface area contributed by atoms with Crippen LogP contribution in [0.4, 0.5) is 0 Å². The first-order valence-corrected chi connectivity index (χ1v) is 4.84. The molecule has 1 aromatic rings. The molecule has 76 valence electrons. The number of phenols is 1. The van der Waals surface area contributed by atoms with E-state index in [1.165, 1.54) is 0 Å². The van der Waals surface area contributed by atoms with Crippen molar-refractivity contribution in [2.75, 3.05) is 6.54 Å². The van der Waals surface area contributed by atoms with Crippen molar-refractivity contribution < 1.29 is 9.84 Å². The molecule has 3 N–H and O–H groups in total. The summed E-state index contributed by atoms with van der Waals surface area (Å²) in [4.78, 5) is 0. The smallest absolute Gasteiger partial charge is 0.123 e. The molecule has 1 aliphatic heterocycles. The van der Waals surface area contributed by atoms with E-state index in [2.05, 4.69) is 0 Å². The Morgan fingerprint density at radius 2 is 2.36 bits per heavy atom. The van der Waals surface area contributed by atoms with E-state index in [1.807, 2.05) is 6.92 Å². The summed E-state index contributed by atoms with van der Waals surface area (Å²) in [6.07, 6.45) is 1.82. The summed E-state index contributed by atoms with van der Waals surface area (Å²) in [5, 5.41) is 9.30. The van der Waals surface area contributed by atoms with Gasteiger partial charge in [-0.15, -0.1) is 0 Å². The van der Waals surface area contributed by atoms with Gasteiger partial charge in [-0.1, -0.05) is 0 Å². The minimum Gasteiger partial charge on any atom is -0.508 e. The van der Waals surface area contributed by atoms with Crippen molar-refractivity contribution in [2.24, 2.45) is 5.73 Å². The maximum atomic E-state index is 9.30.